The zero-order valence-corrected chi connectivity index (χ0v) is 11.7. The van der Waals surface area contributed by atoms with E-state index in [2.05, 4.69) is 4.90 Å². The Morgan fingerprint density at radius 3 is 2.35 bits per heavy atom. The molecule has 0 amide bonds. The molecule has 5 heteroatoms. The van der Waals surface area contributed by atoms with Crippen molar-refractivity contribution >= 4 is 17.1 Å². The zero-order valence-electron chi connectivity index (χ0n) is 11.7. The van der Waals surface area contributed by atoms with Crippen molar-refractivity contribution in [3.05, 3.63) is 28.3 Å². The number of benzene rings is 1. The Morgan fingerprint density at radius 1 is 1.15 bits per heavy atom. The van der Waals surface area contributed by atoms with Gasteiger partial charge in [-0.3, -0.25) is 10.1 Å². The van der Waals surface area contributed by atoms with E-state index in [1.807, 2.05) is 6.07 Å². The van der Waals surface area contributed by atoms with Crippen LogP contribution >= 0.6 is 0 Å². The molecule has 0 bridgehead atoms. The highest BCUT2D eigenvalue weighted by Crippen LogP contribution is 2.46. The van der Waals surface area contributed by atoms with Crippen molar-refractivity contribution in [3.8, 4) is 0 Å². The number of nitro groups is 1. The smallest absolute Gasteiger partial charge is 0.292 e. The van der Waals surface area contributed by atoms with Gasteiger partial charge < -0.3 is 10.6 Å². The average molecular weight is 275 g/mol. The molecule has 108 valence electrons. The summed E-state index contributed by atoms with van der Waals surface area (Å²) in [4.78, 5) is 12.7. The number of nitrogens with zero attached hydrogens (tertiary/aromatic N) is 2. The van der Waals surface area contributed by atoms with Crippen molar-refractivity contribution in [2.24, 2.45) is 5.41 Å². The van der Waals surface area contributed by atoms with E-state index in [1.165, 1.54) is 44.6 Å². The Labute approximate surface area is 118 Å². The fraction of sp³-hybridized carbons (Fsp3) is 0.600. The average Bonchev–Trinajstić information content (AvgIpc) is 2.87. The quantitative estimate of drug-likeness (QED) is 0.510. The first kappa shape index (κ1) is 13.2. The van der Waals surface area contributed by atoms with Crippen molar-refractivity contribution in [1.29, 1.82) is 0 Å². The van der Waals surface area contributed by atoms with E-state index in [4.69, 9.17) is 5.73 Å². The molecule has 1 aromatic rings. The minimum Gasteiger partial charge on any atom is -0.393 e. The van der Waals surface area contributed by atoms with Gasteiger partial charge in [0.15, 0.2) is 0 Å². The second-order valence-electron chi connectivity index (χ2n) is 6.19. The Kier molecular flexibility index (Phi) is 3.28. The first-order valence-electron chi connectivity index (χ1n) is 7.39. The summed E-state index contributed by atoms with van der Waals surface area (Å²) >= 11 is 0. The van der Waals surface area contributed by atoms with Gasteiger partial charge in [0, 0.05) is 24.8 Å². The molecular formula is C15H21N3O2. The van der Waals surface area contributed by atoms with Gasteiger partial charge in [-0.05, 0) is 43.2 Å². The maximum Gasteiger partial charge on any atom is 0.292 e. The molecule has 5 nitrogen and oxygen atoms in total. The van der Waals surface area contributed by atoms with Gasteiger partial charge in [-0.25, -0.2) is 0 Å². The summed E-state index contributed by atoms with van der Waals surface area (Å²) in [6.07, 6.45) is 8.00. The van der Waals surface area contributed by atoms with Crippen LogP contribution in [0.15, 0.2) is 18.2 Å². The lowest BCUT2D eigenvalue weighted by molar-refractivity contribution is -0.383. The lowest BCUT2D eigenvalue weighted by atomic mass is 9.77. The van der Waals surface area contributed by atoms with Crippen molar-refractivity contribution < 1.29 is 4.92 Å². The fourth-order valence-electron chi connectivity index (χ4n) is 3.77. The third-order valence-electron chi connectivity index (χ3n) is 5.06. The van der Waals surface area contributed by atoms with Crippen LogP contribution in [0.25, 0.3) is 0 Å². The summed E-state index contributed by atoms with van der Waals surface area (Å²) in [6, 6.07) is 5.08. The standard InChI is InChI=1S/C15H21N3O2/c16-13-11-12(3-4-14(13)18(19)20)17-9-7-15(8-10-17)5-1-2-6-15/h3-4,11H,1-2,5-10,16H2. The van der Waals surface area contributed by atoms with Crippen LogP contribution in [0.5, 0.6) is 0 Å². The second kappa shape index (κ2) is 4.96. The van der Waals surface area contributed by atoms with Crippen LogP contribution < -0.4 is 10.6 Å². The monoisotopic (exact) mass is 275 g/mol. The van der Waals surface area contributed by atoms with E-state index >= 15 is 0 Å². The Balaban J connectivity index is 1.72. The summed E-state index contributed by atoms with van der Waals surface area (Å²) in [7, 11) is 0. The minimum absolute atomic E-state index is 0.00183. The van der Waals surface area contributed by atoms with Gasteiger partial charge in [0.2, 0.25) is 0 Å². The molecule has 1 saturated carbocycles. The lowest BCUT2D eigenvalue weighted by Crippen LogP contribution is -2.38. The normalized spacial score (nSPS) is 21.3. The molecule has 2 N–H and O–H groups in total. The van der Waals surface area contributed by atoms with E-state index < -0.39 is 4.92 Å². The molecule has 1 spiro atoms. The van der Waals surface area contributed by atoms with E-state index in [1.54, 1.807) is 6.07 Å². The van der Waals surface area contributed by atoms with E-state index in [-0.39, 0.29) is 11.4 Å². The molecule has 0 radical (unpaired) electrons. The third-order valence-corrected chi connectivity index (χ3v) is 5.06. The molecule has 1 heterocycles. The van der Waals surface area contributed by atoms with E-state index in [0.717, 1.165) is 18.8 Å². The highest BCUT2D eigenvalue weighted by molar-refractivity contribution is 5.66. The van der Waals surface area contributed by atoms with Crippen LogP contribution in [0.2, 0.25) is 0 Å². The molecular weight excluding hydrogens is 254 g/mol. The van der Waals surface area contributed by atoms with Gasteiger partial charge >= 0.3 is 0 Å². The number of nitro benzene ring substituents is 1. The number of hydrogen-bond acceptors (Lipinski definition) is 4. The molecule has 0 atom stereocenters. The van der Waals surface area contributed by atoms with Gasteiger partial charge in [-0.2, -0.15) is 0 Å². The van der Waals surface area contributed by atoms with Crippen LogP contribution in [0, 0.1) is 15.5 Å². The third kappa shape index (κ3) is 2.32. The molecule has 2 aliphatic rings. The van der Waals surface area contributed by atoms with Crippen molar-refractivity contribution in [2.45, 2.75) is 38.5 Å². The second-order valence-corrected chi connectivity index (χ2v) is 6.19. The Bertz CT molecular complexity index is 514. The maximum atomic E-state index is 10.8. The summed E-state index contributed by atoms with van der Waals surface area (Å²) in [5.41, 5.74) is 7.63. The molecule has 2 fully saturated rings. The molecule has 20 heavy (non-hydrogen) atoms. The molecule has 3 rings (SSSR count). The van der Waals surface area contributed by atoms with Gasteiger partial charge in [0.1, 0.15) is 5.69 Å². The van der Waals surface area contributed by atoms with E-state index in [0.29, 0.717) is 5.41 Å². The predicted octanol–water partition coefficient (Wildman–Crippen LogP) is 3.34. The Hall–Kier alpha value is -1.78. The van der Waals surface area contributed by atoms with Gasteiger partial charge in [0.05, 0.1) is 4.92 Å². The first-order chi connectivity index (χ1) is 9.60. The molecule has 1 aromatic carbocycles. The molecule has 1 saturated heterocycles. The maximum absolute atomic E-state index is 10.8. The number of piperidine rings is 1. The van der Waals surface area contributed by atoms with Gasteiger partial charge in [0.25, 0.3) is 5.69 Å². The minimum atomic E-state index is -0.428. The number of nitrogens with two attached hydrogens (primary N) is 1. The van der Waals surface area contributed by atoms with Crippen LogP contribution in [0.4, 0.5) is 17.1 Å². The Morgan fingerprint density at radius 2 is 1.80 bits per heavy atom. The van der Waals surface area contributed by atoms with E-state index in [9.17, 15) is 10.1 Å². The number of hydrogen-bond donors (Lipinski definition) is 1. The summed E-state index contributed by atoms with van der Waals surface area (Å²) in [5, 5.41) is 10.8. The summed E-state index contributed by atoms with van der Waals surface area (Å²) in [6.45, 7) is 2.08. The predicted molar refractivity (Wildman–Crippen MR) is 79.9 cm³/mol. The molecule has 1 aliphatic heterocycles. The molecule has 0 unspecified atom stereocenters. The largest absolute Gasteiger partial charge is 0.393 e. The summed E-state index contributed by atoms with van der Waals surface area (Å²) in [5.74, 6) is 0. The van der Waals surface area contributed by atoms with Crippen LogP contribution in [0.1, 0.15) is 38.5 Å². The van der Waals surface area contributed by atoms with Gasteiger partial charge in [-0.15, -0.1) is 0 Å². The SMILES string of the molecule is Nc1cc(N2CCC3(CCCC3)CC2)ccc1[N+](=O)[O-]. The summed E-state index contributed by atoms with van der Waals surface area (Å²) < 4.78 is 0. The van der Waals surface area contributed by atoms with Crippen molar-refractivity contribution in [3.63, 3.8) is 0 Å². The van der Waals surface area contributed by atoms with Crippen molar-refractivity contribution in [2.75, 3.05) is 23.7 Å². The number of rotatable bonds is 2. The fourth-order valence-corrected chi connectivity index (χ4v) is 3.77. The van der Waals surface area contributed by atoms with Gasteiger partial charge in [-0.1, -0.05) is 12.8 Å². The number of anilines is 2. The first-order valence-corrected chi connectivity index (χ1v) is 7.39. The highest BCUT2D eigenvalue weighted by Gasteiger charge is 2.37. The molecule has 1 aliphatic carbocycles. The number of nitrogen functional groups attached to an aromatic ring is 1. The highest BCUT2D eigenvalue weighted by atomic mass is 16.6. The zero-order chi connectivity index (χ0) is 14.2. The van der Waals surface area contributed by atoms with Crippen LogP contribution in [-0.4, -0.2) is 18.0 Å². The topological polar surface area (TPSA) is 72.4 Å². The van der Waals surface area contributed by atoms with Crippen molar-refractivity contribution in [1.82, 2.24) is 0 Å². The molecule has 0 aromatic heterocycles. The van der Waals surface area contributed by atoms with Crippen LogP contribution in [-0.2, 0) is 0 Å². The van der Waals surface area contributed by atoms with Crippen LogP contribution in [0.3, 0.4) is 0 Å². The lowest BCUT2D eigenvalue weighted by Gasteiger charge is -2.40.